The summed E-state index contributed by atoms with van der Waals surface area (Å²) in [5.41, 5.74) is 1.08. The van der Waals surface area contributed by atoms with E-state index in [1.807, 2.05) is 19.2 Å². The third-order valence-corrected chi connectivity index (χ3v) is 2.86. The first-order valence-electron chi connectivity index (χ1n) is 5.69. The van der Waals surface area contributed by atoms with E-state index >= 15 is 0 Å². The van der Waals surface area contributed by atoms with Crippen molar-refractivity contribution in [2.75, 3.05) is 20.2 Å². The Morgan fingerprint density at radius 1 is 1.61 bits per heavy atom. The van der Waals surface area contributed by atoms with Gasteiger partial charge in [0.2, 0.25) is 0 Å². The minimum absolute atomic E-state index is 0.262. The fourth-order valence-electron chi connectivity index (χ4n) is 1.68. The molecule has 0 saturated carbocycles. The highest BCUT2D eigenvalue weighted by Crippen LogP contribution is 2.26. The molecule has 0 radical (unpaired) electrons. The molecule has 2 N–H and O–H groups in total. The highest BCUT2D eigenvalue weighted by Gasteiger charge is 2.23. The molecule has 18 heavy (non-hydrogen) atoms. The van der Waals surface area contributed by atoms with Gasteiger partial charge in [0.1, 0.15) is 12.4 Å². The van der Waals surface area contributed by atoms with Crippen molar-refractivity contribution >= 4 is 17.7 Å². The molecule has 5 nitrogen and oxygen atoms in total. The summed E-state index contributed by atoms with van der Waals surface area (Å²) in [4.78, 5) is 10.8. The number of nitrogens with one attached hydrogen (secondary N) is 2. The summed E-state index contributed by atoms with van der Waals surface area (Å²) in [6.45, 7) is 1.50. The van der Waals surface area contributed by atoms with Gasteiger partial charge in [-0.2, -0.15) is 0 Å². The number of rotatable bonds is 5. The average molecular weight is 271 g/mol. The van der Waals surface area contributed by atoms with E-state index in [0.29, 0.717) is 23.9 Å². The molecule has 0 aliphatic carbocycles. The number of alkyl carbamates (subject to hydrolysis) is 1. The van der Waals surface area contributed by atoms with E-state index in [0.717, 1.165) is 12.1 Å². The smallest absolute Gasteiger partial charge is 0.407 e. The van der Waals surface area contributed by atoms with Gasteiger partial charge in [-0.1, -0.05) is 17.7 Å². The van der Waals surface area contributed by atoms with Crippen LogP contribution in [0.5, 0.6) is 5.75 Å². The minimum Gasteiger partial charge on any atom is -0.488 e. The van der Waals surface area contributed by atoms with Gasteiger partial charge in [0.05, 0.1) is 11.6 Å². The molecule has 6 heteroatoms. The van der Waals surface area contributed by atoms with Crippen LogP contribution in [0.25, 0.3) is 0 Å². The highest BCUT2D eigenvalue weighted by atomic mass is 35.5. The van der Waals surface area contributed by atoms with Gasteiger partial charge in [0.25, 0.3) is 0 Å². The lowest BCUT2D eigenvalue weighted by molar-refractivity contribution is 0.105. The van der Waals surface area contributed by atoms with Crippen LogP contribution < -0.4 is 15.4 Å². The third kappa shape index (κ3) is 3.27. The average Bonchev–Trinajstić information content (AvgIpc) is 2.76. The van der Waals surface area contributed by atoms with Gasteiger partial charge in [0, 0.05) is 6.54 Å². The number of carbonyl (C=O) groups is 1. The molecule has 1 amide bonds. The van der Waals surface area contributed by atoms with Gasteiger partial charge < -0.3 is 20.1 Å². The van der Waals surface area contributed by atoms with Crippen molar-refractivity contribution in [1.82, 2.24) is 10.6 Å². The Hall–Kier alpha value is -1.46. The molecule has 1 atom stereocenters. The van der Waals surface area contributed by atoms with E-state index in [2.05, 4.69) is 10.6 Å². The second-order valence-corrected chi connectivity index (χ2v) is 4.42. The first kappa shape index (κ1) is 13.0. The van der Waals surface area contributed by atoms with E-state index in [1.165, 1.54) is 0 Å². The summed E-state index contributed by atoms with van der Waals surface area (Å²) in [7, 11) is 1.87. The minimum atomic E-state index is -0.404. The van der Waals surface area contributed by atoms with Gasteiger partial charge in [-0.25, -0.2) is 4.79 Å². The van der Waals surface area contributed by atoms with Crippen molar-refractivity contribution in [3.63, 3.8) is 0 Å². The van der Waals surface area contributed by atoms with E-state index in [1.54, 1.807) is 6.07 Å². The molecule has 0 aromatic heterocycles. The molecule has 1 aliphatic heterocycles. The van der Waals surface area contributed by atoms with Gasteiger partial charge in [-0.15, -0.1) is 0 Å². The van der Waals surface area contributed by atoms with Crippen LogP contribution in [0.2, 0.25) is 5.02 Å². The fraction of sp³-hybridized carbons (Fsp3) is 0.417. The highest BCUT2D eigenvalue weighted by molar-refractivity contribution is 6.32. The summed E-state index contributed by atoms with van der Waals surface area (Å²) < 4.78 is 10.5. The Labute approximate surface area is 110 Å². The summed E-state index contributed by atoms with van der Waals surface area (Å²) in [6.07, 6.45) is -0.667. The maximum atomic E-state index is 10.8. The molecule has 1 heterocycles. The van der Waals surface area contributed by atoms with Crippen LogP contribution in [0, 0.1) is 0 Å². The second-order valence-electron chi connectivity index (χ2n) is 4.01. The Morgan fingerprint density at radius 3 is 3.11 bits per heavy atom. The van der Waals surface area contributed by atoms with Crippen LogP contribution in [0.4, 0.5) is 4.79 Å². The number of halogens is 1. The molecule has 1 aliphatic rings. The topological polar surface area (TPSA) is 59.6 Å². The molecule has 1 unspecified atom stereocenters. The van der Waals surface area contributed by atoms with Crippen molar-refractivity contribution in [1.29, 1.82) is 0 Å². The van der Waals surface area contributed by atoms with Crippen LogP contribution in [0.3, 0.4) is 0 Å². The first-order valence-corrected chi connectivity index (χ1v) is 6.07. The van der Waals surface area contributed by atoms with E-state index in [9.17, 15) is 4.79 Å². The van der Waals surface area contributed by atoms with Gasteiger partial charge in [-0.05, 0) is 24.7 Å². The summed E-state index contributed by atoms with van der Waals surface area (Å²) in [5, 5.41) is 6.17. The quantitative estimate of drug-likeness (QED) is 0.852. The third-order valence-electron chi connectivity index (χ3n) is 2.55. The van der Waals surface area contributed by atoms with Crippen molar-refractivity contribution < 1.29 is 14.3 Å². The molecule has 98 valence electrons. The number of cyclic esters (lactones) is 1. The van der Waals surface area contributed by atoms with Crippen molar-refractivity contribution in [2.24, 2.45) is 0 Å². The van der Waals surface area contributed by atoms with Crippen LogP contribution in [0.15, 0.2) is 18.2 Å². The predicted octanol–water partition coefficient (Wildman–Crippen LogP) is 1.55. The molecule has 1 aromatic rings. The van der Waals surface area contributed by atoms with Crippen molar-refractivity contribution in [3.8, 4) is 5.75 Å². The molecular weight excluding hydrogens is 256 g/mol. The summed E-state index contributed by atoms with van der Waals surface area (Å²) >= 11 is 6.04. The normalized spacial score (nSPS) is 18.3. The Balaban J connectivity index is 1.95. The lowest BCUT2D eigenvalue weighted by Gasteiger charge is -2.12. The molecule has 1 fully saturated rings. The second kappa shape index (κ2) is 5.93. The number of ether oxygens (including phenoxy) is 2. The first-order chi connectivity index (χ1) is 8.69. The Kier molecular flexibility index (Phi) is 4.28. The van der Waals surface area contributed by atoms with Gasteiger partial charge >= 0.3 is 6.09 Å². The maximum absolute atomic E-state index is 10.8. The maximum Gasteiger partial charge on any atom is 0.407 e. The van der Waals surface area contributed by atoms with Crippen molar-refractivity contribution in [2.45, 2.75) is 12.6 Å². The fourth-order valence-corrected chi connectivity index (χ4v) is 1.85. The molecular formula is C12H15ClN2O3. The number of hydrogen-bond acceptors (Lipinski definition) is 4. The summed E-state index contributed by atoms with van der Waals surface area (Å²) in [5.74, 6) is 0.604. The molecule has 1 saturated heterocycles. The lowest BCUT2D eigenvalue weighted by Crippen LogP contribution is -2.22. The van der Waals surface area contributed by atoms with Crippen LogP contribution >= 0.6 is 11.6 Å². The largest absolute Gasteiger partial charge is 0.488 e. The Bertz CT molecular complexity index is 439. The van der Waals surface area contributed by atoms with Crippen molar-refractivity contribution in [3.05, 3.63) is 28.8 Å². The molecule has 0 bridgehead atoms. The zero-order valence-electron chi connectivity index (χ0n) is 10.0. The van der Waals surface area contributed by atoms with Crippen LogP contribution in [-0.4, -0.2) is 32.4 Å². The molecule has 1 aromatic carbocycles. The predicted molar refractivity (Wildman–Crippen MR) is 68.0 cm³/mol. The Morgan fingerprint density at radius 2 is 2.44 bits per heavy atom. The SMILES string of the molecule is CNCc1ccc(Cl)c(OCC2CNC(=O)O2)c1. The number of amides is 1. The lowest BCUT2D eigenvalue weighted by atomic mass is 10.2. The zero-order valence-corrected chi connectivity index (χ0v) is 10.8. The number of carbonyl (C=O) groups excluding carboxylic acids is 1. The van der Waals surface area contributed by atoms with Crippen LogP contribution in [0.1, 0.15) is 5.56 Å². The van der Waals surface area contributed by atoms with Gasteiger partial charge in [0.15, 0.2) is 6.10 Å². The molecule has 2 rings (SSSR count). The van der Waals surface area contributed by atoms with E-state index in [4.69, 9.17) is 21.1 Å². The number of benzene rings is 1. The van der Waals surface area contributed by atoms with E-state index < -0.39 is 6.09 Å². The number of hydrogen-bond donors (Lipinski definition) is 2. The summed E-state index contributed by atoms with van der Waals surface area (Å²) in [6, 6.07) is 5.61. The molecule has 0 spiro atoms. The zero-order chi connectivity index (χ0) is 13.0. The standard InChI is InChI=1S/C12H15ClN2O3/c1-14-5-8-2-3-10(13)11(4-8)17-7-9-6-15-12(16)18-9/h2-4,9,14H,5-7H2,1H3,(H,15,16). The van der Waals surface area contributed by atoms with Gasteiger partial charge in [-0.3, -0.25) is 0 Å². The van der Waals surface area contributed by atoms with E-state index in [-0.39, 0.29) is 6.10 Å². The van der Waals surface area contributed by atoms with Crippen LogP contribution in [-0.2, 0) is 11.3 Å². The monoisotopic (exact) mass is 270 g/mol.